The zero-order valence-corrected chi connectivity index (χ0v) is 12.0. The van der Waals surface area contributed by atoms with E-state index in [1.54, 1.807) is 6.92 Å². The van der Waals surface area contributed by atoms with Crippen molar-refractivity contribution in [3.05, 3.63) is 15.6 Å². The van der Waals surface area contributed by atoms with Gasteiger partial charge in [0.2, 0.25) is 0 Å². The fourth-order valence-corrected chi connectivity index (χ4v) is 2.20. The largest absolute Gasteiger partial charge is 0.477 e. The number of carboxylic acid groups (broad SMARTS) is 1. The summed E-state index contributed by atoms with van der Waals surface area (Å²) in [6.45, 7) is 1.07. The highest BCUT2D eigenvalue weighted by Crippen LogP contribution is 2.17. The van der Waals surface area contributed by atoms with E-state index in [0.717, 1.165) is 11.3 Å². The Bertz CT molecular complexity index is 496. The molecular weight excluding hydrogens is 308 g/mol. The molecule has 10 heteroatoms. The van der Waals surface area contributed by atoms with Crippen molar-refractivity contribution in [2.45, 2.75) is 19.9 Å². The molecular formula is C11H15F2N3O4S. The number of aromatic carboxylic acids is 1. The topological polar surface area (TPSA) is 101 Å². The van der Waals surface area contributed by atoms with Crippen LogP contribution in [0, 0.1) is 6.92 Å². The Morgan fingerprint density at radius 1 is 1.43 bits per heavy atom. The third-order valence-electron chi connectivity index (χ3n) is 2.21. The van der Waals surface area contributed by atoms with Crippen LogP contribution in [0.2, 0.25) is 0 Å². The Kier molecular flexibility index (Phi) is 6.96. The molecule has 0 radical (unpaired) electrons. The first-order valence-electron chi connectivity index (χ1n) is 5.97. The van der Waals surface area contributed by atoms with Crippen LogP contribution in [-0.2, 0) is 11.3 Å². The van der Waals surface area contributed by atoms with E-state index in [2.05, 4.69) is 20.4 Å². The second-order valence-corrected chi connectivity index (χ2v) is 4.99. The lowest BCUT2D eigenvalue weighted by molar-refractivity contribution is 0.0193. The number of ether oxygens (including phenoxy) is 1. The lowest BCUT2D eigenvalue weighted by atomic mass is 10.4. The van der Waals surface area contributed by atoms with Crippen LogP contribution >= 0.6 is 11.3 Å². The summed E-state index contributed by atoms with van der Waals surface area (Å²) in [6, 6.07) is -0.514. The van der Waals surface area contributed by atoms with Crippen molar-refractivity contribution in [2.24, 2.45) is 0 Å². The highest BCUT2D eigenvalue weighted by molar-refractivity contribution is 7.13. The van der Waals surface area contributed by atoms with Crippen LogP contribution in [0.4, 0.5) is 13.6 Å². The minimum absolute atomic E-state index is 0.0166. The van der Waals surface area contributed by atoms with Gasteiger partial charge in [-0.05, 0) is 6.92 Å². The number of aromatic nitrogens is 1. The predicted molar refractivity (Wildman–Crippen MR) is 70.9 cm³/mol. The van der Waals surface area contributed by atoms with Gasteiger partial charge in [0.25, 0.3) is 6.43 Å². The minimum atomic E-state index is -2.53. The van der Waals surface area contributed by atoms with Crippen LogP contribution < -0.4 is 10.6 Å². The van der Waals surface area contributed by atoms with Gasteiger partial charge in [0.15, 0.2) is 0 Å². The van der Waals surface area contributed by atoms with Gasteiger partial charge in [-0.1, -0.05) is 0 Å². The number of thiazole rings is 1. The number of nitrogens with zero attached hydrogens (tertiary/aromatic N) is 1. The monoisotopic (exact) mass is 323 g/mol. The number of rotatable bonds is 8. The van der Waals surface area contributed by atoms with E-state index < -0.39 is 25.0 Å². The van der Waals surface area contributed by atoms with E-state index in [0.29, 0.717) is 10.7 Å². The molecule has 1 rings (SSSR count). The average Bonchev–Trinajstić information content (AvgIpc) is 2.77. The summed E-state index contributed by atoms with van der Waals surface area (Å²) in [5.74, 6) is -1.06. The number of aryl methyl sites for hydroxylation is 1. The Labute approximate surface area is 123 Å². The number of carbonyl (C=O) groups excluding carboxylic acids is 1. The zero-order valence-electron chi connectivity index (χ0n) is 11.2. The van der Waals surface area contributed by atoms with Crippen molar-refractivity contribution in [3.8, 4) is 0 Å². The Morgan fingerprint density at radius 3 is 2.71 bits per heavy atom. The van der Waals surface area contributed by atoms with Crippen LogP contribution in [0.15, 0.2) is 0 Å². The standard InChI is InChI=1S/C11H15F2N3O4S/c1-6-9(10(17)18)21-8(16-6)4-15-11(19)14-2-3-20-5-7(12)13/h7H,2-5H2,1H3,(H,17,18)(H2,14,15,19). The van der Waals surface area contributed by atoms with E-state index in [9.17, 15) is 18.4 Å². The molecule has 0 unspecified atom stereocenters. The summed E-state index contributed by atoms with van der Waals surface area (Å²) in [5, 5.41) is 14.2. The summed E-state index contributed by atoms with van der Waals surface area (Å²) in [7, 11) is 0. The maximum atomic E-state index is 11.7. The molecule has 0 atom stereocenters. The molecule has 0 bridgehead atoms. The van der Waals surface area contributed by atoms with Crippen molar-refractivity contribution in [1.82, 2.24) is 15.6 Å². The second-order valence-electron chi connectivity index (χ2n) is 3.90. The van der Waals surface area contributed by atoms with Crippen LogP contribution in [0.3, 0.4) is 0 Å². The molecule has 0 saturated carbocycles. The lowest BCUT2D eigenvalue weighted by Gasteiger charge is -2.06. The van der Waals surface area contributed by atoms with Crippen LogP contribution in [-0.4, -0.2) is 48.3 Å². The number of hydrogen-bond acceptors (Lipinski definition) is 5. The number of carboxylic acids is 1. The summed E-state index contributed by atoms with van der Waals surface area (Å²) in [5.41, 5.74) is 0.394. The van der Waals surface area contributed by atoms with E-state index in [4.69, 9.17) is 5.11 Å². The molecule has 1 aromatic heterocycles. The van der Waals surface area contributed by atoms with Crippen LogP contribution in [0.5, 0.6) is 0 Å². The van der Waals surface area contributed by atoms with Crippen molar-refractivity contribution >= 4 is 23.3 Å². The normalized spacial score (nSPS) is 10.7. The fraction of sp³-hybridized carbons (Fsp3) is 0.545. The molecule has 3 N–H and O–H groups in total. The minimum Gasteiger partial charge on any atom is -0.477 e. The molecule has 0 fully saturated rings. The highest BCUT2D eigenvalue weighted by Gasteiger charge is 2.14. The Morgan fingerprint density at radius 2 is 2.14 bits per heavy atom. The number of nitrogens with one attached hydrogen (secondary N) is 2. The van der Waals surface area contributed by atoms with Gasteiger partial charge in [0.05, 0.1) is 18.8 Å². The van der Waals surface area contributed by atoms with E-state index >= 15 is 0 Å². The number of hydrogen-bond donors (Lipinski definition) is 3. The molecule has 0 saturated heterocycles. The molecule has 1 aromatic rings. The summed E-state index contributed by atoms with van der Waals surface area (Å²) < 4.78 is 28.1. The van der Waals surface area contributed by atoms with Crippen LogP contribution in [0.1, 0.15) is 20.4 Å². The molecule has 2 amide bonds. The summed E-state index contributed by atoms with van der Waals surface area (Å²) >= 11 is 0.984. The first-order chi connectivity index (χ1) is 9.90. The van der Waals surface area contributed by atoms with Gasteiger partial charge in [0.1, 0.15) is 16.5 Å². The SMILES string of the molecule is Cc1nc(CNC(=O)NCCOCC(F)F)sc1C(=O)O. The van der Waals surface area contributed by atoms with Crippen molar-refractivity contribution < 1.29 is 28.2 Å². The van der Waals surface area contributed by atoms with Crippen molar-refractivity contribution in [2.75, 3.05) is 19.8 Å². The zero-order chi connectivity index (χ0) is 15.8. The molecule has 0 aliphatic carbocycles. The molecule has 0 aromatic carbocycles. The lowest BCUT2D eigenvalue weighted by Crippen LogP contribution is -2.37. The van der Waals surface area contributed by atoms with Gasteiger partial charge in [-0.25, -0.2) is 23.4 Å². The smallest absolute Gasteiger partial charge is 0.347 e. The number of halogens is 2. The summed E-state index contributed by atoms with van der Waals surface area (Å²) in [6.07, 6.45) is -2.53. The van der Waals surface area contributed by atoms with Gasteiger partial charge in [-0.3, -0.25) is 0 Å². The summed E-state index contributed by atoms with van der Waals surface area (Å²) in [4.78, 5) is 26.4. The van der Waals surface area contributed by atoms with Crippen molar-refractivity contribution in [1.29, 1.82) is 0 Å². The third-order valence-corrected chi connectivity index (χ3v) is 3.36. The average molecular weight is 323 g/mol. The first-order valence-corrected chi connectivity index (χ1v) is 6.79. The molecule has 21 heavy (non-hydrogen) atoms. The maximum Gasteiger partial charge on any atom is 0.347 e. The fourth-order valence-electron chi connectivity index (χ4n) is 1.35. The van der Waals surface area contributed by atoms with E-state index in [-0.39, 0.29) is 24.6 Å². The Balaban J connectivity index is 2.24. The molecule has 7 nitrogen and oxygen atoms in total. The second kappa shape index (κ2) is 8.47. The third kappa shape index (κ3) is 6.45. The number of carbonyl (C=O) groups is 2. The quantitative estimate of drug-likeness (QED) is 0.625. The molecule has 1 heterocycles. The van der Waals surface area contributed by atoms with Gasteiger partial charge in [-0.15, -0.1) is 11.3 Å². The molecule has 0 aliphatic heterocycles. The highest BCUT2D eigenvalue weighted by atomic mass is 32.1. The predicted octanol–water partition coefficient (Wildman–Crippen LogP) is 1.23. The number of amides is 2. The van der Waals surface area contributed by atoms with Gasteiger partial charge < -0.3 is 20.5 Å². The van der Waals surface area contributed by atoms with Gasteiger partial charge in [-0.2, -0.15) is 0 Å². The molecule has 0 aliphatic rings. The van der Waals surface area contributed by atoms with E-state index in [1.807, 2.05) is 0 Å². The van der Waals surface area contributed by atoms with Gasteiger partial charge in [0, 0.05) is 6.54 Å². The van der Waals surface area contributed by atoms with E-state index in [1.165, 1.54) is 0 Å². The maximum absolute atomic E-state index is 11.7. The first kappa shape index (κ1) is 17.2. The Hall–Kier alpha value is -1.81. The number of urea groups is 1. The number of alkyl halides is 2. The van der Waals surface area contributed by atoms with Gasteiger partial charge >= 0.3 is 12.0 Å². The van der Waals surface area contributed by atoms with Crippen molar-refractivity contribution in [3.63, 3.8) is 0 Å². The molecule has 0 spiro atoms. The molecule has 118 valence electrons. The van der Waals surface area contributed by atoms with Crippen LogP contribution in [0.25, 0.3) is 0 Å².